The third kappa shape index (κ3) is 8.57. The van der Waals surface area contributed by atoms with Crippen molar-refractivity contribution in [2.45, 2.75) is 196 Å². The van der Waals surface area contributed by atoms with Crippen LogP contribution in [0.3, 0.4) is 0 Å². The van der Waals surface area contributed by atoms with E-state index in [1.807, 2.05) is 6.92 Å². The van der Waals surface area contributed by atoms with Gasteiger partial charge >= 0.3 is 0 Å². The maximum Gasteiger partial charge on any atom is 0.187 e. The Hall–Kier alpha value is -1.02. The minimum absolute atomic E-state index is 0.0154. The highest BCUT2D eigenvalue weighted by Crippen LogP contribution is 2.70. The Morgan fingerprint density at radius 2 is 1.31 bits per heavy atom. The summed E-state index contributed by atoms with van der Waals surface area (Å²) in [6, 6.07) is 0. The van der Waals surface area contributed by atoms with Crippen LogP contribution in [0.25, 0.3) is 0 Å². The van der Waals surface area contributed by atoms with Crippen LogP contribution in [-0.4, -0.2) is 198 Å². The fraction of sp³-hybridized carbons (Fsp3) is 0.956. The molecule has 4 saturated heterocycles. The van der Waals surface area contributed by atoms with Crippen molar-refractivity contribution in [1.29, 1.82) is 0 Å². The van der Waals surface area contributed by atoms with E-state index in [1.165, 1.54) is 5.57 Å². The van der Waals surface area contributed by atoms with E-state index in [1.54, 1.807) is 0 Å². The van der Waals surface area contributed by atoms with Crippen LogP contribution in [0.5, 0.6) is 0 Å². The van der Waals surface area contributed by atoms with Crippen molar-refractivity contribution in [3.05, 3.63) is 11.6 Å². The zero-order chi connectivity index (χ0) is 46.2. The molecule has 19 nitrogen and oxygen atoms in total. The molecule has 64 heavy (non-hydrogen) atoms. The fourth-order valence-electron chi connectivity index (χ4n) is 13.6. The predicted octanol–water partition coefficient (Wildman–Crippen LogP) is -1.86. The smallest absolute Gasteiger partial charge is 0.187 e. The SMILES string of the molecule is C[C@H](CCC1(O)OC2CC3C4CC=C5C[C@@H](O[C@@H]6O[C@H](CO)[C@H](O[C@@H]7O[C@H](CO)[C@@H](O)[C@H](O)[C@H]7O)[C@H](O)[C@H]6O)CC[C@]5(C)C4CC[C@]3(C)C2[C@@H]1C)CO[C@@H]1O[C@H](CO)[C@@H](O)[C@H](O)[C@H]1O. The summed E-state index contributed by atoms with van der Waals surface area (Å²) in [7, 11) is 0. The van der Waals surface area contributed by atoms with Crippen molar-refractivity contribution in [2.75, 3.05) is 26.4 Å². The molecule has 12 N–H and O–H groups in total. The molecule has 4 heterocycles. The highest BCUT2D eigenvalue weighted by atomic mass is 16.7. The lowest BCUT2D eigenvalue weighted by atomic mass is 9.47. The molecule has 0 aromatic carbocycles. The molecule has 26 atom stereocenters. The first-order valence-electron chi connectivity index (χ1n) is 23.6. The maximum atomic E-state index is 12.0. The molecule has 8 rings (SSSR count). The van der Waals surface area contributed by atoms with Crippen LogP contribution in [-0.2, 0) is 33.2 Å². The summed E-state index contributed by atoms with van der Waals surface area (Å²) in [6.45, 7) is 7.15. The minimum atomic E-state index is -1.75. The molecule has 0 amide bonds. The van der Waals surface area contributed by atoms with E-state index in [4.69, 9.17) is 33.2 Å². The molecule has 0 aromatic heterocycles. The van der Waals surface area contributed by atoms with Crippen molar-refractivity contribution >= 4 is 0 Å². The lowest BCUT2D eigenvalue weighted by Gasteiger charge is -2.58. The van der Waals surface area contributed by atoms with E-state index < -0.39 is 118 Å². The van der Waals surface area contributed by atoms with Gasteiger partial charge < -0.3 is 94.4 Å². The van der Waals surface area contributed by atoms with Crippen molar-refractivity contribution < 1.29 is 94.4 Å². The summed E-state index contributed by atoms with van der Waals surface area (Å²) in [5, 5.41) is 125. The lowest BCUT2D eigenvalue weighted by Crippen LogP contribution is -2.65. The highest BCUT2D eigenvalue weighted by Gasteiger charge is 2.68. The van der Waals surface area contributed by atoms with Crippen LogP contribution < -0.4 is 0 Å². The van der Waals surface area contributed by atoms with E-state index in [0.29, 0.717) is 43.4 Å². The van der Waals surface area contributed by atoms with Gasteiger partial charge in [-0.15, -0.1) is 0 Å². The maximum absolute atomic E-state index is 12.0. The van der Waals surface area contributed by atoms with Crippen LogP contribution >= 0.6 is 0 Å². The average molecular weight is 919 g/mol. The molecule has 8 aliphatic rings. The summed E-state index contributed by atoms with van der Waals surface area (Å²) in [5.41, 5.74) is 1.23. The first-order valence-corrected chi connectivity index (χ1v) is 23.6. The number of allylic oxidation sites excluding steroid dienone is 1. The molecular formula is C45H74O19. The Balaban J connectivity index is 0.852. The number of hydrogen-bond acceptors (Lipinski definition) is 19. The van der Waals surface area contributed by atoms with E-state index >= 15 is 0 Å². The normalized spacial score (nSPS) is 54.3. The summed E-state index contributed by atoms with van der Waals surface area (Å²) in [6.07, 6.45) is -12.9. The Labute approximate surface area is 373 Å². The molecule has 0 radical (unpaired) electrons. The van der Waals surface area contributed by atoms with Gasteiger partial charge in [0.2, 0.25) is 0 Å². The van der Waals surface area contributed by atoms with Crippen LogP contribution in [0, 0.1) is 46.3 Å². The quantitative estimate of drug-likeness (QED) is 0.0902. The average Bonchev–Trinajstić information content (AvgIpc) is 3.72. The highest BCUT2D eigenvalue weighted by molar-refractivity contribution is 5.26. The van der Waals surface area contributed by atoms with Gasteiger partial charge in [-0.05, 0) is 91.8 Å². The topological polar surface area (TPSA) is 307 Å². The molecule has 7 fully saturated rings. The number of rotatable bonds is 13. The minimum Gasteiger partial charge on any atom is -0.394 e. The Morgan fingerprint density at radius 1 is 0.719 bits per heavy atom. The van der Waals surface area contributed by atoms with Crippen LogP contribution in [0.2, 0.25) is 0 Å². The Bertz CT molecular complexity index is 1620. The summed E-state index contributed by atoms with van der Waals surface area (Å²) in [5.74, 6) is 0.0434. The molecule has 0 aromatic rings. The van der Waals surface area contributed by atoms with Gasteiger partial charge in [-0.1, -0.05) is 39.3 Å². The molecule has 6 unspecified atom stereocenters. The molecular weight excluding hydrogens is 844 g/mol. The van der Waals surface area contributed by atoms with Gasteiger partial charge in [0.1, 0.15) is 73.2 Å². The number of aliphatic hydroxyl groups is 12. The van der Waals surface area contributed by atoms with Gasteiger partial charge in [-0.25, -0.2) is 0 Å². The van der Waals surface area contributed by atoms with Gasteiger partial charge in [-0.3, -0.25) is 0 Å². The van der Waals surface area contributed by atoms with Gasteiger partial charge in [0.05, 0.1) is 38.6 Å². The number of hydrogen-bond donors (Lipinski definition) is 12. The van der Waals surface area contributed by atoms with Crippen molar-refractivity contribution in [3.63, 3.8) is 0 Å². The molecule has 0 spiro atoms. The van der Waals surface area contributed by atoms with E-state index in [0.717, 1.165) is 32.1 Å². The predicted molar refractivity (Wildman–Crippen MR) is 219 cm³/mol. The molecule has 3 saturated carbocycles. The van der Waals surface area contributed by atoms with E-state index in [9.17, 15) is 61.3 Å². The van der Waals surface area contributed by atoms with Crippen molar-refractivity contribution in [3.8, 4) is 0 Å². The van der Waals surface area contributed by atoms with Crippen LogP contribution in [0.4, 0.5) is 0 Å². The van der Waals surface area contributed by atoms with Gasteiger partial charge in [0.25, 0.3) is 0 Å². The summed E-state index contributed by atoms with van der Waals surface area (Å²) < 4.78 is 41.4. The molecule has 0 bridgehead atoms. The van der Waals surface area contributed by atoms with Crippen molar-refractivity contribution in [1.82, 2.24) is 0 Å². The van der Waals surface area contributed by atoms with Crippen LogP contribution in [0.15, 0.2) is 11.6 Å². The second-order valence-corrected chi connectivity index (χ2v) is 21.0. The van der Waals surface area contributed by atoms with Crippen molar-refractivity contribution in [2.24, 2.45) is 46.3 Å². The first kappa shape index (κ1) is 49.4. The van der Waals surface area contributed by atoms with Gasteiger partial charge in [-0.2, -0.15) is 0 Å². The third-order valence-electron chi connectivity index (χ3n) is 17.4. The molecule has 368 valence electrons. The van der Waals surface area contributed by atoms with Gasteiger partial charge in [0, 0.05) is 12.3 Å². The Morgan fingerprint density at radius 3 is 1.97 bits per heavy atom. The monoisotopic (exact) mass is 918 g/mol. The zero-order valence-corrected chi connectivity index (χ0v) is 37.3. The number of fused-ring (bicyclic) bond motifs is 7. The van der Waals surface area contributed by atoms with Crippen LogP contribution in [0.1, 0.15) is 85.5 Å². The number of ether oxygens (including phenoxy) is 7. The van der Waals surface area contributed by atoms with E-state index in [-0.39, 0.29) is 47.4 Å². The standard InChI is InChI=1S/C45H74O19/c1-19(18-58-40-36(54)33(51)31(49)27(15-46)60-40)7-12-45(57)20(2)30-26(64-45)14-25-23-6-5-21-13-22(8-10-43(21,3)24(23)9-11-44(25,30)4)59-41-38(56)35(53)39(29(17-48)62-41)63-42-37(55)34(52)32(50)28(16-47)61-42/h5,19-20,22-42,46-57H,6-18H2,1-4H3/t19-,20+,22+,23?,24?,25?,26?,27-,28-,29-,30?,31-,32-,33+,34+,35-,36-,37-,38-,39+,40-,41-,42+,43+,44+,45?/m1/s1. The number of aliphatic hydroxyl groups excluding tert-OH is 11. The zero-order valence-electron chi connectivity index (χ0n) is 37.3. The second kappa shape index (κ2) is 19.1. The third-order valence-corrected chi connectivity index (χ3v) is 17.4. The molecule has 19 heteroatoms. The molecule has 4 aliphatic heterocycles. The van der Waals surface area contributed by atoms with Gasteiger partial charge in [0.15, 0.2) is 24.7 Å². The second-order valence-electron chi connectivity index (χ2n) is 21.0. The van der Waals surface area contributed by atoms with E-state index in [2.05, 4.69) is 26.8 Å². The summed E-state index contributed by atoms with van der Waals surface area (Å²) in [4.78, 5) is 0. The summed E-state index contributed by atoms with van der Waals surface area (Å²) >= 11 is 0. The largest absolute Gasteiger partial charge is 0.394 e. The first-order chi connectivity index (χ1) is 30.3. The Kier molecular flexibility index (Phi) is 14.7. The lowest BCUT2D eigenvalue weighted by molar-refractivity contribution is -0.363. The molecule has 4 aliphatic carbocycles. The fourth-order valence-corrected chi connectivity index (χ4v) is 13.6.